The SMILES string of the molecule is CC(C)(C)C(NC(=O)N[C@H](C(=O)N1C[C@H]2[C@@H]([C@H]1C(=O)NC(CCC(F)(F)F)C(=O)C(N)=O)C2(C)C)C(C)(C)C)C(=O)OCC1CC1. The Kier molecular flexibility index (Phi) is 10.5. The Morgan fingerprint density at radius 1 is 0.913 bits per heavy atom. The number of halogens is 3. The molecule has 2 unspecified atom stereocenters. The first-order chi connectivity index (χ1) is 20.9. The number of nitrogens with two attached hydrogens (primary N) is 1. The van der Waals surface area contributed by atoms with E-state index in [4.69, 9.17) is 10.5 Å². The van der Waals surface area contributed by atoms with Gasteiger partial charge in [0.2, 0.25) is 17.6 Å². The lowest BCUT2D eigenvalue weighted by molar-refractivity contribution is -0.149. The van der Waals surface area contributed by atoms with Gasteiger partial charge in [-0.25, -0.2) is 9.59 Å². The summed E-state index contributed by atoms with van der Waals surface area (Å²) in [7, 11) is 0. The van der Waals surface area contributed by atoms with Crippen molar-refractivity contribution in [1.82, 2.24) is 20.9 Å². The van der Waals surface area contributed by atoms with Crippen LogP contribution >= 0.6 is 0 Å². The first-order valence-electron chi connectivity index (χ1n) is 15.6. The summed E-state index contributed by atoms with van der Waals surface area (Å²) in [5.74, 6) is -5.19. The Bertz CT molecular complexity index is 1240. The molecule has 2 aliphatic carbocycles. The Labute approximate surface area is 267 Å². The highest BCUT2D eigenvalue weighted by molar-refractivity contribution is 6.37. The molecule has 5 amide bonds. The van der Waals surface area contributed by atoms with E-state index in [1.807, 2.05) is 13.8 Å². The van der Waals surface area contributed by atoms with Gasteiger partial charge in [-0.1, -0.05) is 55.4 Å². The molecule has 1 aliphatic heterocycles. The van der Waals surface area contributed by atoms with E-state index in [1.165, 1.54) is 4.90 Å². The smallest absolute Gasteiger partial charge is 0.389 e. The van der Waals surface area contributed by atoms with Crippen molar-refractivity contribution in [3.8, 4) is 0 Å². The van der Waals surface area contributed by atoms with Gasteiger partial charge in [-0.05, 0) is 53.3 Å². The van der Waals surface area contributed by atoms with Crippen LogP contribution < -0.4 is 21.7 Å². The number of fused-ring (bicyclic) bond motifs is 1. The summed E-state index contributed by atoms with van der Waals surface area (Å²) in [6.45, 7) is 14.6. The highest BCUT2D eigenvalue weighted by Gasteiger charge is 2.70. The molecule has 15 heteroatoms. The van der Waals surface area contributed by atoms with Gasteiger partial charge < -0.3 is 31.3 Å². The molecule has 2 saturated carbocycles. The van der Waals surface area contributed by atoms with Crippen molar-refractivity contribution in [2.45, 2.75) is 111 Å². The first kappa shape index (κ1) is 37.1. The van der Waals surface area contributed by atoms with Crippen molar-refractivity contribution < 1.29 is 46.7 Å². The molecule has 0 radical (unpaired) electrons. The van der Waals surface area contributed by atoms with Crippen LogP contribution in [0.4, 0.5) is 18.0 Å². The van der Waals surface area contributed by atoms with Crippen LogP contribution in [0, 0.1) is 34.0 Å². The van der Waals surface area contributed by atoms with Crippen LogP contribution in [-0.2, 0) is 28.7 Å². The number of urea groups is 1. The number of carbonyl (C=O) groups excluding carboxylic acids is 6. The summed E-state index contributed by atoms with van der Waals surface area (Å²) in [4.78, 5) is 79.2. The highest BCUT2D eigenvalue weighted by atomic mass is 19.4. The molecule has 12 nitrogen and oxygen atoms in total. The highest BCUT2D eigenvalue weighted by Crippen LogP contribution is 2.65. The number of amides is 5. The normalized spacial score (nSPS) is 24.2. The average Bonchev–Trinajstić information content (AvgIpc) is 3.76. The number of ketones is 1. The maximum absolute atomic E-state index is 14.1. The number of nitrogens with zero attached hydrogens (tertiary/aromatic N) is 1. The lowest BCUT2D eigenvalue weighted by Crippen LogP contribution is -2.62. The van der Waals surface area contributed by atoms with Gasteiger partial charge in [0.05, 0.1) is 12.6 Å². The number of hydrogen-bond donors (Lipinski definition) is 4. The Balaban J connectivity index is 1.82. The van der Waals surface area contributed by atoms with Crippen LogP contribution in [-0.4, -0.2) is 83.9 Å². The van der Waals surface area contributed by atoms with Gasteiger partial charge in [0, 0.05) is 13.0 Å². The fraction of sp³-hybridized carbons (Fsp3) is 0.806. The van der Waals surface area contributed by atoms with Gasteiger partial charge in [-0.2, -0.15) is 13.2 Å². The van der Waals surface area contributed by atoms with E-state index in [0.717, 1.165) is 12.8 Å². The topological polar surface area (TPSA) is 177 Å². The zero-order chi connectivity index (χ0) is 35.2. The van der Waals surface area contributed by atoms with Crippen LogP contribution in [0.15, 0.2) is 0 Å². The molecule has 6 atom stereocenters. The molecule has 0 aromatic heterocycles. The molecule has 46 heavy (non-hydrogen) atoms. The number of Topliss-reactive ketones (excluding diaryl/α,β-unsaturated/α-hetero) is 1. The number of piperidine rings is 1. The quantitative estimate of drug-likeness (QED) is 0.184. The summed E-state index contributed by atoms with van der Waals surface area (Å²) in [6.07, 6.45) is -5.07. The van der Waals surface area contributed by atoms with Crippen molar-refractivity contribution in [2.24, 2.45) is 39.7 Å². The number of likely N-dealkylation sites (tertiary alicyclic amines) is 1. The lowest BCUT2D eigenvalue weighted by Gasteiger charge is -2.38. The summed E-state index contributed by atoms with van der Waals surface area (Å²) in [6, 6.07) is -6.05. The molecule has 0 aromatic carbocycles. The monoisotopic (exact) mass is 659 g/mol. The minimum absolute atomic E-state index is 0.125. The first-order valence-corrected chi connectivity index (χ1v) is 15.6. The number of rotatable bonds is 12. The molecule has 0 spiro atoms. The predicted octanol–water partition coefficient (Wildman–Crippen LogP) is 2.43. The minimum atomic E-state index is -4.66. The van der Waals surface area contributed by atoms with E-state index < -0.39 is 94.9 Å². The third-order valence-corrected chi connectivity index (χ3v) is 9.28. The molecule has 0 bridgehead atoms. The molecule has 3 fully saturated rings. The molecule has 1 saturated heterocycles. The molecule has 3 aliphatic rings. The Morgan fingerprint density at radius 3 is 1.93 bits per heavy atom. The summed E-state index contributed by atoms with van der Waals surface area (Å²) in [5.41, 5.74) is 3.04. The van der Waals surface area contributed by atoms with Crippen LogP contribution in [0.3, 0.4) is 0 Å². The van der Waals surface area contributed by atoms with Crippen molar-refractivity contribution in [1.29, 1.82) is 0 Å². The molecular formula is C31H48F3N5O7. The van der Waals surface area contributed by atoms with E-state index in [2.05, 4.69) is 16.0 Å². The van der Waals surface area contributed by atoms with Gasteiger partial charge >= 0.3 is 18.2 Å². The Hall–Kier alpha value is -3.39. The molecular weight excluding hydrogens is 611 g/mol. The van der Waals surface area contributed by atoms with E-state index >= 15 is 0 Å². The second kappa shape index (κ2) is 13.0. The third kappa shape index (κ3) is 8.90. The molecule has 1 heterocycles. The number of primary amides is 1. The van der Waals surface area contributed by atoms with Gasteiger partial charge in [-0.3, -0.25) is 19.2 Å². The lowest BCUT2D eigenvalue weighted by atomic mass is 9.85. The van der Waals surface area contributed by atoms with Crippen molar-refractivity contribution in [3.05, 3.63) is 0 Å². The van der Waals surface area contributed by atoms with Crippen LogP contribution in [0.25, 0.3) is 0 Å². The van der Waals surface area contributed by atoms with Gasteiger partial charge in [0.1, 0.15) is 18.1 Å². The summed E-state index contributed by atoms with van der Waals surface area (Å²) >= 11 is 0. The van der Waals surface area contributed by atoms with Gasteiger partial charge in [-0.15, -0.1) is 0 Å². The number of carbonyl (C=O) groups is 6. The number of alkyl halides is 3. The summed E-state index contributed by atoms with van der Waals surface area (Å²) < 4.78 is 44.3. The standard InChI is InChI=1S/C31H48F3N5O7/c1-28(2,3)21(37-27(45)38-22(29(4,5)6)26(44)46-14-15-9-10-15)25(43)39-13-16-18(30(16,7)8)19(39)24(42)36-17(20(40)23(35)41)11-12-31(32,33)34/h15-19,21-22H,9-14H2,1-8H3,(H2,35,41)(H,36,42)(H2,37,38,45)/t16-,17?,18-,19-,21+,22?/m0/s1. The molecule has 3 rings (SSSR count). The van der Waals surface area contributed by atoms with Crippen LogP contribution in [0.1, 0.15) is 81.1 Å². The summed E-state index contributed by atoms with van der Waals surface area (Å²) in [5, 5.41) is 7.57. The van der Waals surface area contributed by atoms with E-state index in [-0.39, 0.29) is 25.0 Å². The number of hydrogen-bond acceptors (Lipinski definition) is 7. The predicted molar refractivity (Wildman–Crippen MR) is 160 cm³/mol. The second-order valence-corrected chi connectivity index (χ2v) is 15.6. The van der Waals surface area contributed by atoms with Crippen molar-refractivity contribution in [2.75, 3.05) is 13.2 Å². The molecule has 0 aromatic rings. The van der Waals surface area contributed by atoms with Crippen molar-refractivity contribution in [3.63, 3.8) is 0 Å². The third-order valence-electron chi connectivity index (χ3n) is 9.28. The van der Waals surface area contributed by atoms with Gasteiger partial charge in [0.25, 0.3) is 5.91 Å². The fourth-order valence-corrected chi connectivity index (χ4v) is 6.13. The zero-order valence-corrected chi connectivity index (χ0v) is 27.8. The maximum Gasteiger partial charge on any atom is 0.389 e. The largest absolute Gasteiger partial charge is 0.464 e. The Morgan fingerprint density at radius 2 is 1.46 bits per heavy atom. The number of ether oxygens (including phenoxy) is 1. The molecule has 260 valence electrons. The molecule has 5 N–H and O–H groups in total. The van der Waals surface area contributed by atoms with Crippen LogP contribution in [0.2, 0.25) is 0 Å². The van der Waals surface area contributed by atoms with E-state index in [9.17, 15) is 41.9 Å². The second-order valence-electron chi connectivity index (χ2n) is 15.6. The number of nitrogens with one attached hydrogen (secondary N) is 3. The van der Waals surface area contributed by atoms with Crippen LogP contribution in [0.5, 0.6) is 0 Å². The van der Waals surface area contributed by atoms with Gasteiger partial charge in [0.15, 0.2) is 0 Å². The minimum Gasteiger partial charge on any atom is -0.464 e. The average molecular weight is 660 g/mol. The fourth-order valence-electron chi connectivity index (χ4n) is 6.13. The zero-order valence-electron chi connectivity index (χ0n) is 27.8. The number of esters is 1. The maximum atomic E-state index is 14.1. The van der Waals surface area contributed by atoms with E-state index in [1.54, 1.807) is 41.5 Å². The van der Waals surface area contributed by atoms with E-state index in [0.29, 0.717) is 5.92 Å². The van der Waals surface area contributed by atoms with Crippen molar-refractivity contribution >= 4 is 35.5 Å².